The van der Waals surface area contributed by atoms with Gasteiger partial charge in [0.1, 0.15) is 0 Å². The third-order valence-electron chi connectivity index (χ3n) is 4.86. The van der Waals surface area contributed by atoms with Crippen LogP contribution in [0.3, 0.4) is 0 Å². The van der Waals surface area contributed by atoms with Crippen LogP contribution in [-0.4, -0.2) is 36.3 Å². The van der Waals surface area contributed by atoms with Crippen LogP contribution in [0.2, 0.25) is 0 Å². The first kappa shape index (κ1) is 18.6. The highest BCUT2D eigenvalue weighted by Gasteiger charge is 2.22. The van der Waals surface area contributed by atoms with Gasteiger partial charge in [-0.3, -0.25) is 9.59 Å². The Morgan fingerprint density at radius 1 is 1.15 bits per heavy atom. The number of nitrogens with one attached hydrogen (secondary N) is 1. The minimum absolute atomic E-state index is 0.0116. The van der Waals surface area contributed by atoms with Crippen LogP contribution in [0.15, 0.2) is 41.8 Å². The molecule has 26 heavy (non-hydrogen) atoms. The maximum Gasteiger partial charge on any atom is 0.229 e. The van der Waals surface area contributed by atoms with Crippen molar-refractivity contribution in [2.24, 2.45) is 11.7 Å². The minimum atomic E-state index is -0.165. The van der Waals surface area contributed by atoms with Crippen LogP contribution < -0.4 is 11.1 Å². The summed E-state index contributed by atoms with van der Waals surface area (Å²) in [4.78, 5) is 26.7. The third kappa shape index (κ3) is 5.41. The summed E-state index contributed by atoms with van der Waals surface area (Å²) in [5.74, 6) is -0.109. The highest BCUT2D eigenvalue weighted by molar-refractivity contribution is 7.10. The second-order valence-electron chi connectivity index (χ2n) is 6.77. The van der Waals surface area contributed by atoms with Crippen molar-refractivity contribution in [1.82, 2.24) is 4.90 Å². The summed E-state index contributed by atoms with van der Waals surface area (Å²) in [6.45, 7) is 2.85. The number of anilines is 1. The average Bonchev–Trinajstić information content (AvgIpc) is 3.14. The van der Waals surface area contributed by atoms with Gasteiger partial charge in [-0.1, -0.05) is 18.2 Å². The molecule has 2 heterocycles. The van der Waals surface area contributed by atoms with E-state index < -0.39 is 0 Å². The van der Waals surface area contributed by atoms with E-state index in [1.807, 2.05) is 29.6 Å². The van der Waals surface area contributed by atoms with Gasteiger partial charge >= 0.3 is 0 Å². The zero-order valence-corrected chi connectivity index (χ0v) is 15.6. The summed E-state index contributed by atoms with van der Waals surface area (Å²) in [5.41, 5.74) is 7.46. The van der Waals surface area contributed by atoms with Crippen LogP contribution in [0.25, 0.3) is 0 Å². The second-order valence-corrected chi connectivity index (χ2v) is 7.80. The molecule has 0 spiro atoms. The molecule has 5 nitrogen and oxygen atoms in total. The highest BCUT2D eigenvalue weighted by atomic mass is 32.1. The van der Waals surface area contributed by atoms with Gasteiger partial charge in [0.15, 0.2) is 0 Å². The lowest BCUT2D eigenvalue weighted by Gasteiger charge is -2.30. The molecule has 1 aliphatic rings. The van der Waals surface area contributed by atoms with E-state index in [1.54, 1.807) is 11.3 Å². The van der Waals surface area contributed by atoms with Gasteiger partial charge in [-0.25, -0.2) is 0 Å². The maximum absolute atomic E-state index is 12.0. The fourth-order valence-corrected chi connectivity index (χ4v) is 3.96. The molecule has 0 radical (unpaired) electrons. The van der Waals surface area contributed by atoms with Crippen molar-refractivity contribution in [3.63, 3.8) is 0 Å². The summed E-state index contributed by atoms with van der Waals surface area (Å²) >= 11 is 1.59. The molecule has 0 atom stereocenters. The van der Waals surface area contributed by atoms with E-state index in [9.17, 15) is 9.59 Å². The smallest absolute Gasteiger partial charge is 0.229 e. The van der Waals surface area contributed by atoms with Crippen LogP contribution in [0, 0.1) is 5.92 Å². The molecule has 0 saturated carbocycles. The number of nitrogens with zero attached hydrogens (tertiary/aromatic N) is 1. The van der Waals surface area contributed by atoms with E-state index in [2.05, 4.69) is 22.3 Å². The molecule has 1 aliphatic heterocycles. The monoisotopic (exact) mass is 371 g/mol. The summed E-state index contributed by atoms with van der Waals surface area (Å²) in [6.07, 6.45) is 3.11. The Hall–Kier alpha value is -2.18. The number of primary amides is 1. The molecule has 0 aliphatic carbocycles. The second kappa shape index (κ2) is 8.96. The lowest BCUT2D eigenvalue weighted by molar-refractivity contribution is -0.123. The Kier molecular flexibility index (Phi) is 6.41. The molecule has 1 aromatic carbocycles. The minimum Gasteiger partial charge on any atom is -0.369 e. The molecule has 6 heteroatoms. The number of piperidine rings is 1. The lowest BCUT2D eigenvalue weighted by Crippen LogP contribution is -2.39. The molecule has 2 amide bonds. The SMILES string of the molecule is NC(=O)C1CCN(CCc2ccc(NC(=O)Cc3cccs3)cc2)CC1. The number of carbonyl (C=O) groups excluding carboxylic acids is 2. The first-order chi connectivity index (χ1) is 12.6. The summed E-state index contributed by atoms with van der Waals surface area (Å²) in [6, 6.07) is 12.0. The van der Waals surface area contributed by atoms with Crippen LogP contribution in [0.4, 0.5) is 5.69 Å². The number of hydrogen-bond acceptors (Lipinski definition) is 4. The number of amides is 2. The van der Waals surface area contributed by atoms with Crippen molar-refractivity contribution in [3.05, 3.63) is 52.2 Å². The number of likely N-dealkylation sites (tertiary alicyclic amines) is 1. The molecule has 1 fully saturated rings. The van der Waals surface area contributed by atoms with Gasteiger partial charge in [0.25, 0.3) is 0 Å². The number of benzene rings is 1. The Morgan fingerprint density at radius 3 is 2.50 bits per heavy atom. The summed E-state index contributed by atoms with van der Waals surface area (Å²) in [7, 11) is 0. The van der Waals surface area contributed by atoms with Crippen molar-refractivity contribution in [2.45, 2.75) is 25.7 Å². The van der Waals surface area contributed by atoms with Crippen molar-refractivity contribution in [3.8, 4) is 0 Å². The van der Waals surface area contributed by atoms with Crippen LogP contribution in [-0.2, 0) is 22.4 Å². The van der Waals surface area contributed by atoms with Crippen molar-refractivity contribution in [1.29, 1.82) is 0 Å². The first-order valence-electron chi connectivity index (χ1n) is 9.03. The van der Waals surface area contributed by atoms with Gasteiger partial charge in [-0.2, -0.15) is 0 Å². The number of rotatable bonds is 7. The molecule has 1 aromatic heterocycles. The third-order valence-corrected chi connectivity index (χ3v) is 5.74. The van der Waals surface area contributed by atoms with E-state index in [0.29, 0.717) is 6.42 Å². The van der Waals surface area contributed by atoms with Crippen LogP contribution >= 0.6 is 11.3 Å². The van der Waals surface area contributed by atoms with Crippen molar-refractivity contribution < 1.29 is 9.59 Å². The number of carbonyl (C=O) groups is 2. The number of nitrogens with two attached hydrogens (primary N) is 1. The first-order valence-corrected chi connectivity index (χ1v) is 9.91. The van der Waals surface area contributed by atoms with Gasteiger partial charge in [0.2, 0.25) is 11.8 Å². The summed E-state index contributed by atoms with van der Waals surface area (Å²) < 4.78 is 0. The largest absolute Gasteiger partial charge is 0.369 e. The molecule has 138 valence electrons. The molecule has 2 aromatic rings. The van der Waals surface area contributed by atoms with Crippen molar-refractivity contribution >= 4 is 28.8 Å². The highest BCUT2D eigenvalue weighted by Crippen LogP contribution is 2.18. The molecular formula is C20H25N3O2S. The normalized spacial score (nSPS) is 15.7. The Bertz CT molecular complexity index is 720. The molecule has 3 rings (SSSR count). The van der Waals surface area contributed by atoms with Crippen LogP contribution in [0.5, 0.6) is 0 Å². The fourth-order valence-electron chi connectivity index (χ4n) is 3.26. The predicted octanol–water partition coefficient (Wildman–Crippen LogP) is 2.67. The van der Waals surface area contributed by atoms with Gasteiger partial charge in [-0.15, -0.1) is 11.3 Å². The maximum atomic E-state index is 12.0. The van der Waals surface area contributed by atoms with E-state index >= 15 is 0 Å². The topological polar surface area (TPSA) is 75.4 Å². The van der Waals surface area contributed by atoms with E-state index in [1.165, 1.54) is 5.56 Å². The van der Waals surface area contributed by atoms with E-state index in [-0.39, 0.29) is 17.7 Å². The van der Waals surface area contributed by atoms with Crippen LogP contribution in [0.1, 0.15) is 23.3 Å². The Labute approximate surface area is 158 Å². The predicted molar refractivity (Wildman–Crippen MR) is 105 cm³/mol. The standard InChI is InChI=1S/C20H25N3O2S/c21-20(25)16-8-11-23(12-9-16)10-7-15-3-5-17(6-4-15)22-19(24)14-18-2-1-13-26-18/h1-6,13,16H,7-12,14H2,(H2,21,25)(H,22,24). The zero-order valence-electron chi connectivity index (χ0n) is 14.8. The molecule has 1 saturated heterocycles. The molecule has 0 unspecified atom stereocenters. The summed E-state index contributed by atoms with van der Waals surface area (Å²) in [5, 5.41) is 4.92. The van der Waals surface area contributed by atoms with Gasteiger partial charge in [-0.05, 0) is 61.5 Å². The van der Waals surface area contributed by atoms with Gasteiger partial charge < -0.3 is 16.0 Å². The van der Waals surface area contributed by atoms with E-state index in [4.69, 9.17) is 5.73 Å². The zero-order chi connectivity index (χ0) is 18.4. The quantitative estimate of drug-likeness (QED) is 0.786. The van der Waals surface area contributed by atoms with Crippen molar-refractivity contribution in [2.75, 3.05) is 25.0 Å². The molecular weight excluding hydrogens is 346 g/mol. The van der Waals surface area contributed by atoms with Gasteiger partial charge in [0.05, 0.1) is 6.42 Å². The molecule has 0 bridgehead atoms. The fraction of sp³-hybridized carbons (Fsp3) is 0.400. The Morgan fingerprint density at radius 2 is 1.88 bits per heavy atom. The number of thiophene rings is 1. The van der Waals surface area contributed by atoms with Gasteiger partial charge in [0, 0.05) is 23.0 Å². The Balaban J connectivity index is 1.42. The average molecular weight is 372 g/mol. The number of hydrogen-bond donors (Lipinski definition) is 2. The lowest BCUT2D eigenvalue weighted by atomic mass is 9.96. The van der Waals surface area contributed by atoms with E-state index in [0.717, 1.165) is 49.5 Å². The molecule has 3 N–H and O–H groups in total.